The molecule has 0 radical (unpaired) electrons. The second-order valence-corrected chi connectivity index (χ2v) is 3.34. The number of ether oxygens (including phenoxy) is 1. The summed E-state index contributed by atoms with van der Waals surface area (Å²) in [6, 6.07) is 10.9. The van der Waals surface area contributed by atoms with Crippen molar-refractivity contribution in [2.75, 3.05) is 0 Å². The SMILES string of the molecule is O=Cc1cccc(OCc2cccnc2)c1. The Kier molecular flexibility index (Phi) is 3.28. The van der Waals surface area contributed by atoms with E-state index in [1.807, 2.05) is 18.2 Å². The van der Waals surface area contributed by atoms with Crippen molar-refractivity contribution >= 4 is 6.29 Å². The average molecular weight is 213 g/mol. The lowest BCUT2D eigenvalue weighted by Crippen LogP contribution is -1.96. The van der Waals surface area contributed by atoms with Gasteiger partial charge in [-0.05, 0) is 18.2 Å². The summed E-state index contributed by atoms with van der Waals surface area (Å²) in [5.74, 6) is 0.688. The lowest BCUT2D eigenvalue weighted by molar-refractivity contribution is 0.112. The van der Waals surface area contributed by atoms with E-state index in [-0.39, 0.29) is 0 Å². The molecule has 0 aliphatic carbocycles. The number of hydrogen-bond donors (Lipinski definition) is 0. The number of rotatable bonds is 4. The minimum Gasteiger partial charge on any atom is -0.489 e. The fourth-order valence-corrected chi connectivity index (χ4v) is 1.33. The quantitative estimate of drug-likeness (QED) is 0.732. The van der Waals surface area contributed by atoms with Gasteiger partial charge < -0.3 is 4.74 Å². The minimum absolute atomic E-state index is 0.455. The Morgan fingerprint density at radius 1 is 1.25 bits per heavy atom. The molecule has 3 nitrogen and oxygen atoms in total. The molecule has 0 aliphatic heterocycles. The molecular weight excluding hydrogens is 202 g/mol. The number of pyridine rings is 1. The van der Waals surface area contributed by atoms with Gasteiger partial charge in [-0.1, -0.05) is 18.2 Å². The summed E-state index contributed by atoms with van der Waals surface area (Å²) >= 11 is 0. The number of benzene rings is 1. The molecule has 0 fully saturated rings. The molecule has 2 rings (SSSR count). The Labute approximate surface area is 93.7 Å². The van der Waals surface area contributed by atoms with Crippen molar-refractivity contribution < 1.29 is 9.53 Å². The molecule has 2 aromatic rings. The van der Waals surface area contributed by atoms with Crippen molar-refractivity contribution in [1.29, 1.82) is 0 Å². The van der Waals surface area contributed by atoms with Crippen LogP contribution in [0, 0.1) is 0 Å². The maximum absolute atomic E-state index is 10.6. The topological polar surface area (TPSA) is 39.2 Å². The Hall–Kier alpha value is -2.16. The van der Waals surface area contributed by atoms with Crippen LogP contribution in [0.5, 0.6) is 5.75 Å². The van der Waals surface area contributed by atoms with E-state index in [0.717, 1.165) is 11.8 Å². The van der Waals surface area contributed by atoms with Gasteiger partial charge in [0.1, 0.15) is 18.6 Å². The second kappa shape index (κ2) is 5.07. The summed E-state index contributed by atoms with van der Waals surface area (Å²) in [5, 5.41) is 0. The summed E-state index contributed by atoms with van der Waals surface area (Å²) in [6.07, 6.45) is 4.27. The number of aldehydes is 1. The fraction of sp³-hybridized carbons (Fsp3) is 0.0769. The molecule has 0 saturated carbocycles. The number of carbonyl (C=O) groups excluding carboxylic acids is 1. The molecule has 0 saturated heterocycles. The molecule has 0 atom stereocenters. The summed E-state index contributed by atoms with van der Waals surface area (Å²) in [7, 11) is 0. The first kappa shape index (κ1) is 10.4. The number of hydrogen-bond acceptors (Lipinski definition) is 3. The van der Waals surface area contributed by atoms with Gasteiger partial charge in [0.15, 0.2) is 0 Å². The second-order valence-electron chi connectivity index (χ2n) is 3.34. The Morgan fingerprint density at radius 2 is 2.19 bits per heavy atom. The van der Waals surface area contributed by atoms with E-state index < -0.39 is 0 Å². The number of aromatic nitrogens is 1. The summed E-state index contributed by atoms with van der Waals surface area (Å²) in [6.45, 7) is 0.455. The summed E-state index contributed by atoms with van der Waals surface area (Å²) in [5.41, 5.74) is 1.61. The van der Waals surface area contributed by atoms with Crippen molar-refractivity contribution in [1.82, 2.24) is 4.98 Å². The van der Waals surface area contributed by atoms with Gasteiger partial charge in [0, 0.05) is 23.5 Å². The third-order valence-electron chi connectivity index (χ3n) is 2.12. The molecule has 0 unspecified atom stereocenters. The molecule has 3 heteroatoms. The molecule has 1 aromatic heterocycles. The molecule has 0 bridgehead atoms. The van der Waals surface area contributed by atoms with Crippen molar-refractivity contribution in [3.63, 3.8) is 0 Å². The van der Waals surface area contributed by atoms with Crippen LogP contribution in [0.1, 0.15) is 15.9 Å². The highest BCUT2D eigenvalue weighted by Gasteiger charge is 1.97. The van der Waals surface area contributed by atoms with E-state index in [1.54, 1.807) is 30.6 Å². The van der Waals surface area contributed by atoms with Crippen LogP contribution in [0.25, 0.3) is 0 Å². The van der Waals surface area contributed by atoms with E-state index in [1.165, 1.54) is 0 Å². The smallest absolute Gasteiger partial charge is 0.150 e. The van der Waals surface area contributed by atoms with Crippen molar-refractivity contribution in [3.05, 3.63) is 59.9 Å². The zero-order valence-electron chi connectivity index (χ0n) is 8.67. The van der Waals surface area contributed by atoms with Crippen LogP contribution in [0.2, 0.25) is 0 Å². The van der Waals surface area contributed by atoms with Gasteiger partial charge >= 0.3 is 0 Å². The van der Waals surface area contributed by atoms with Gasteiger partial charge in [-0.15, -0.1) is 0 Å². The molecule has 1 heterocycles. The zero-order chi connectivity index (χ0) is 11.2. The highest BCUT2D eigenvalue weighted by atomic mass is 16.5. The van der Waals surface area contributed by atoms with Gasteiger partial charge in [0.25, 0.3) is 0 Å². The van der Waals surface area contributed by atoms with Crippen LogP contribution >= 0.6 is 0 Å². The van der Waals surface area contributed by atoms with Crippen LogP contribution in [0.4, 0.5) is 0 Å². The van der Waals surface area contributed by atoms with E-state index in [9.17, 15) is 4.79 Å². The van der Waals surface area contributed by atoms with Gasteiger partial charge in [0.05, 0.1) is 0 Å². The summed E-state index contributed by atoms with van der Waals surface area (Å²) in [4.78, 5) is 14.6. The molecule has 0 spiro atoms. The van der Waals surface area contributed by atoms with Crippen LogP contribution in [-0.4, -0.2) is 11.3 Å². The van der Waals surface area contributed by atoms with E-state index in [0.29, 0.717) is 17.9 Å². The molecule has 0 aliphatic rings. The first-order valence-corrected chi connectivity index (χ1v) is 4.95. The van der Waals surface area contributed by atoms with Crippen molar-refractivity contribution in [2.45, 2.75) is 6.61 Å². The largest absolute Gasteiger partial charge is 0.489 e. The first-order chi connectivity index (χ1) is 7.88. The highest BCUT2D eigenvalue weighted by Crippen LogP contribution is 2.13. The van der Waals surface area contributed by atoms with Gasteiger partial charge in [-0.2, -0.15) is 0 Å². The first-order valence-electron chi connectivity index (χ1n) is 4.95. The van der Waals surface area contributed by atoms with Crippen molar-refractivity contribution in [2.24, 2.45) is 0 Å². The highest BCUT2D eigenvalue weighted by molar-refractivity contribution is 5.75. The maximum Gasteiger partial charge on any atom is 0.150 e. The molecule has 0 N–H and O–H groups in total. The molecule has 80 valence electrons. The maximum atomic E-state index is 10.6. The lowest BCUT2D eigenvalue weighted by Gasteiger charge is -2.05. The Bertz CT molecular complexity index is 468. The van der Waals surface area contributed by atoms with E-state index in [4.69, 9.17) is 4.74 Å². The van der Waals surface area contributed by atoms with Crippen LogP contribution in [0.15, 0.2) is 48.8 Å². The number of nitrogens with zero attached hydrogens (tertiary/aromatic N) is 1. The molecule has 0 amide bonds. The minimum atomic E-state index is 0.455. The lowest BCUT2D eigenvalue weighted by atomic mass is 10.2. The van der Waals surface area contributed by atoms with E-state index >= 15 is 0 Å². The number of carbonyl (C=O) groups is 1. The van der Waals surface area contributed by atoms with Gasteiger partial charge in [-0.3, -0.25) is 9.78 Å². The third kappa shape index (κ3) is 2.67. The summed E-state index contributed by atoms with van der Waals surface area (Å²) < 4.78 is 5.54. The fourth-order valence-electron chi connectivity index (χ4n) is 1.33. The van der Waals surface area contributed by atoms with Crippen LogP contribution < -0.4 is 4.74 Å². The standard InChI is InChI=1S/C13H11NO2/c15-9-11-3-1-5-13(7-11)16-10-12-4-2-6-14-8-12/h1-9H,10H2. The van der Waals surface area contributed by atoms with Gasteiger partial charge in [-0.25, -0.2) is 0 Å². The molecular formula is C13H11NO2. The molecule has 1 aromatic carbocycles. The van der Waals surface area contributed by atoms with Crippen LogP contribution in [-0.2, 0) is 6.61 Å². The average Bonchev–Trinajstić information content (AvgIpc) is 2.38. The predicted molar refractivity (Wildman–Crippen MR) is 60.4 cm³/mol. The van der Waals surface area contributed by atoms with Crippen LogP contribution in [0.3, 0.4) is 0 Å². The predicted octanol–water partition coefficient (Wildman–Crippen LogP) is 2.47. The van der Waals surface area contributed by atoms with Crippen molar-refractivity contribution in [3.8, 4) is 5.75 Å². The normalized spacial score (nSPS) is 9.75. The Balaban J connectivity index is 2.02. The van der Waals surface area contributed by atoms with E-state index in [2.05, 4.69) is 4.98 Å². The third-order valence-corrected chi connectivity index (χ3v) is 2.12. The monoisotopic (exact) mass is 213 g/mol. The zero-order valence-corrected chi connectivity index (χ0v) is 8.67. The van der Waals surface area contributed by atoms with Gasteiger partial charge in [0.2, 0.25) is 0 Å². The Morgan fingerprint density at radius 3 is 2.94 bits per heavy atom. The molecule has 16 heavy (non-hydrogen) atoms.